The molecule has 0 atom stereocenters. The summed E-state index contributed by atoms with van der Waals surface area (Å²) >= 11 is 1.67. The van der Waals surface area contributed by atoms with Crippen molar-refractivity contribution in [2.75, 3.05) is 34.1 Å². The molecule has 0 spiro atoms. The number of hydrogen-bond acceptors (Lipinski definition) is 4. The molecule has 3 nitrogen and oxygen atoms in total. The normalized spacial score (nSPS) is 10.2. The van der Waals surface area contributed by atoms with Crippen molar-refractivity contribution >= 4 is 11.8 Å². The molecule has 0 amide bonds. The van der Waals surface area contributed by atoms with Crippen LogP contribution in [-0.4, -0.2) is 34.1 Å². The number of methoxy groups -OCH3 is 2. The molecule has 0 heterocycles. The lowest BCUT2D eigenvalue weighted by atomic mass is 10.1. The van der Waals surface area contributed by atoms with Crippen molar-refractivity contribution in [3.63, 3.8) is 0 Å². The van der Waals surface area contributed by atoms with Gasteiger partial charge < -0.3 is 14.8 Å². The zero-order chi connectivity index (χ0) is 12.0. The van der Waals surface area contributed by atoms with E-state index in [-0.39, 0.29) is 0 Å². The third kappa shape index (κ3) is 3.06. The summed E-state index contributed by atoms with van der Waals surface area (Å²) < 4.78 is 10.7. The van der Waals surface area contributed by atoms with Crippen molar-refractivity contribution < 1.29 is 9.47 Å². The van der Waals surface area contributed by atoms with Crippen LogP contribution in [0.15, 0.2) is 17.0 Å². The van der Waals surface area contributed by atoms with E-state index in [0.717, 1.165) is 29.4 Å². The first-order chi connectivity index (χ1) is 7.76. The van der Waals surface area contributed by atoms with Crippen molar-refractivity contribution in [3.05, 3.63) is 17.7 Å². The van der Waals surface area contributed by atoms with Crippen LogP contribution in [0, 0.1) is 0 Å². The standard InChI is InChI=1S/C12H19NO2S/c1-13-6-5-9-7-10(14-2)12(15-3)11(8-9)16-4/h7-8,13H,5-6H2,1-4H3. The fourth-order valence-electron chi connectivity index (χ4n) is 1.55. The number of hydrogen-bond donors (Lipinski definition) is 1. The average Bonchev–Trinajstić information content (AvgIpc) is 2.34. The van der Waals surface area contributed by atoms with Crippen LogP contribution in [0.2, 0.25) is 0 Å². The SMILES string of the molecule is CNCCc1cc(OC)c(OC)c(SC)c1. The highest BCUT2D eigenvalue weighted by molar-refractivity contribution is 7.98. The average molecular weight is 241 g/mol. The molecule has 0 bridgehead atoms. The molecule has 0 aliphatic carbocycles. The quantitative estimate of drug-likeness (QED) is 0.773. The molecule has 0 aliphatic rings. The van der Waals surface area contributed by atoms with E-state index in [9.17, 15) is 0 Å². The van der Waals surface area contributed by atoms with Gasteiger partial charge in [-0.1, -0.05) is 0 Å². The van der Waals surface area contributed by atoms with Gasteiger partial charge in [0.2, 0.25) is 0 Å². The second-order valence-corrected chi connectivity index (χ2v) is 4.24. The smallest absolute Gasteiger partial charge is 0.174 e. The van der Waals surface area contributed by atoms with Crippen LogP contribution in [0.4, 0.5) is 0 Å². The Morgan fingerprint density at radius 1 is 1.25 bits per heavy atom. The van der Waals surface area contributed by atoms with Gasteiger partial charge in [0.05, 0.1) is 19.1 Å². The zero-order valence-corrected chi connectivity index (χ0v) is 11.1. The molecular weight excluding hydrogens is 222 g/mol. The lowest BCUT2D eigenvalue weighted by Gasteiger charge is -2.13. The van der Waals surface area contributed by atoms with Crippen LogP contribution in [0.1, 0.15) is 5.56 Å². The fraction of sp³-hybridized carbons (Fsp3) is 0.500. The Hall–Kier alpha value is -0.870. The lowest BCUT2D eigenvalue weighted by molar-refractivity contribution is 0.347. The molecule has 1 N–H and O–H groups in total. The van der Waals surface area contributed by atoms with Crippen molar-refractivity contribution in [2.45, 2.75) is 11.3 Å². The van der Waals surface area contributed by atoms with Crippen LogP contribution in [0.25, 0.3) is 0 Å². The molecule has 0 saturated heterocycles. The molecule has 0 unspecified atom stereocenters. The summed E-state index contributed by atoms with van der Waals surface area (Å²) in [5.74, 6) is 1.63. The van der Waals surface area contributed by atoms with Crippen LogP contribution in [0.5, 0.6) is 11.5 Å². The molecule has 4 heteroatoms. The number of nitrogens with one attached hydrogen (secondary N) is 1. The molecule has 1 aromatic carbocycles. The Kier molecular flexibility index (Phi) is 5.49. The molecule has 1 rings (SSSR count). The predicted octanol–water partition coefficient (Wildman–Crippen LogP) is 2.19. The molecule has 16 heavy (non-hydrogen) atoms. The topological polar surface area (TPSA) is 30.5 Å². The summed E-state index contributed by atoms with van der Waals surface area (Å²) in [5, 5.41) is 3.14. The van der Waals surface area contributed by atoms with Gasteiger partial charge in [-0.25, -0.2) is 0 Å². The minimum absolute atomic E-state index is 0.806. The van der Waals surface area contributed by atoms with Gasteiger partial charge in [0.25, 0.3) is 0 Å². The summed E-state index contributed by atoms with van der Waals surface area (Å²) in [6.45, 7) is 0.962. The van der Waals surface area contributed by atoms with Crippen molar-refractivity contribution in [3.8, 4) is 11.5 Å². The molecule has 90 valence electrons. The van der Waals surface area contributed by atoms with Crippen molar-refractivity contribution in [2.24, 2.45) is 0 Å². The van der Waals surface area contributed by atoms with Gasteiger partial charge in [-0.05, 0) is 44.0 Å². The van der Waals surface area contributed by atoms with Crippen LogP contribution < -0.4 is 14.8 Å². The highest BCUT2D eigenvalue weighted by Gasteiger charge is 2.11. The molecule has 1 aromatic rings. The van der Waals surface area contributed by atoms with Gasteiger partial charge in [-0.2, -0.15) is 0 Å². The Balaban J connectivity index is 3.05. The van der Waals surface area contributed by atoms with Crippen LogP contribution >= 0.6 is 11.8 Å². The van der Waals surface area contributed by atoms with E-state index < -0.39 is 0 Å². The minimum Gasteiger partial charge on any atom is -0.493 e. The monoisotopic (exact) mass is 241 g/mol. The van der Waals surface area contributed by atoms with E-state index in [1.807, 2.05) is 19.4 Å². The van der Waals surface area contributed by atoms with Gasteiger partial charge in [0.15, 0.2) is 11.5 Å². The van der Waals surface area contributed by atoms with E-state index in [0.29, 0.717) is 0 Å². The summed E-state index contributed by atoms with van der Waals surface area (Å²) in [6.07, 6.45) is 3.03. The molecule has 0 radical (unpaired) electrons. The Morgan fingerprint density at radius 2 is 2.00 bits per heavy atom. The molecule has 0 aliphatic heterocycles. The molecule has 0 fully saturated rings. The van der Waals surface area contributed by atoms with E-state index in [4.69, 9.17) is 9.47 Å². The van der Waals surface area contributed by atoms with Gasteiger partial charge in [0.1, 0.15) is 0 Å². The third-order valence-corrected chi connectivity index (χ3v) is 3.13. The Labute approximate surface area is 102 Å². The van der Waals surface area contributed by atoms with Gasteiger partial charge >= 0.3 is 0 Å². The van der Waals surface area contributed by atoms with E-state index in [1.54, 1.807) is 26.0 Å². The lowest BCUT2D eigenvalue weighted by Crippen LogP contribution is -2.10. The summed E-state index contributed by atoms with van der Waals surface area (Å²) in [6, 6.07) is 4.19. The van der Waals surface area contributed by atoms with Crippen LogP contribution in [-0.2, 0) is 6.42 Å². The number of likely N-dealkylation sites (N-methyl/N-ethyl adjacent to an activating group) is 1. The summed E-state index contributed by atoms with van der Waals surface area (Å²) in [4.78, 5) is 1.12. The maximum Gasteiger partial charge on any atom is 0.174 e. The van der Waals surface area contributed by atoms with E-state index in [1.165, 1.54) is 5.56 Å². The molecule has 0 saturated carbocycles. The second-order valence-electron chi connectivity index (χ2n) is 3.39. The van der Waals surface area contributed by atoms with Gasteiger partial charge in [-0.3, -0.25) is 0 Å². The number of benzene rings is 1. The van der Waals surface area contributed by atoms with E-state index >= 15 is 0 Å². The first-order valence-corrected chi connectivity index (χ1v) is 6.42. The number of thioether (sulfide) groups is 1. The Morgan fingerprint density at radius 3 is 2.50 bits per heavy atom. The first-order valence-electron chi connectivity index (χ1n) is 5.20. The number of ether oxygens (including phenoxy) is 2. The Bertz CT molecular complexity index is 317. The number of rotatable bonds is 6. The fourth-order valence-corrected chi connectivity index (χ4v) is 2.19. The molecule has 0 aromatic heterocycles. The third-order valence-electron chi connectivity index (χ3n) is 2.39. The largest absolute Gasteiger partial charge is 0.493 e. The highest BCUT2D eigenvalue weighted by atomic mass is 32.2. The maximum absolute atomic E-state index is 5.36. The van der Waals surface area contributed by atoms with Crippen LogP contribution in [0.3, 0.4) is 0 Å². The van der Waals surface area contributed by atoms with Gasteiger partial charge in [-0.15, -0.1) is 11.8 Å². The first kappa shape index (κ1) is 13.2. The maximum atomic E-state index is 5.36. The summed E-state index contributed by atoms with van der Waals surface area (Å²) in [5.41, 5.74) is 1.26. The highest BCUT2D eigenvalue weighted by Crippen LogP contribution is 2.37. The zero-order valence-electron chi connectivity index (χ0n) is 10.3. The van der Waals surface area contributed by atoms with Gasteiger partial charge in [0, 0.05) is 0 Å². The predicted molar refractivity (Wildman–Crippen MR) is 69.0 cm³/mol. The second kappa shape index (κ2) is 6.66. The summed E-state index contributed by atoms with van der Waals surface area (Å²) in [7, 11) is 5.30. The minimum atomic E-state index is 0.806. The van der Waals surface area contributed by atoms with E-state index in [2.05, 4.69) is 11.4 Å². The molecular formula is C12H19NO2S. The van der Waals surface area contributed by atoms with Crippen molar-refractivity contribution in [1.29, 1.82) is 0 Å². The van der Waals surface area contributed by atoms with Crippen molar-refractivity contribution in [1.82, 2.24) is 5.32 Å².